The van der Waals surface area contributed by atoms with Crippen LogP contribution >= 0.6 is 0 Å². The van der Waals surface area contributed by atoms with Crippen LogP contribution in [-0.2, 0) is 9.53 Å². The molecule has 0 saturated heterocycles. The van der Waals surface area contributed by atoms with E-state index in [1.807, 2.05) is 36.5 Å². The lowest BCUT2D eigenvalue weighted by Gasteiger charge is -2.65. The van der Waals surface area contributed by atoms with Crippen LogP contribution in [0.5, 0.6) is 0 Å². The number of benzene rings is 1. The average molecular weight is 495 g/mol. The number of para-hydroxylation sites is 1. The molecule has 1 aliphatic heterocycles. The zero-order valence-corrected chi connectivity index (χ0v) is 21.0. The normalized spacial score (nSPS) is 46.0. The van der Waals surface area contributed by atoms with Gasteiger partial charge in [-0.1, -0.05) is 25.1 Å². The van der Waals surface area contributed by atoms with E-state index in [0.29, 0.717) is 38.7 Å². The average Bonchev–Trinajstić information content (AvgIpc) is 3.40. The Hall–Kier alpha value is -2.22. The van der Waals surface area contributed by atoms with Crippen LogP contribution in [0, 0.1) is 28.6 Å². The number of carbonyl (C=O) groups excluding carboxylic acids is 1. The van der Waals surface area contributed by atoms with Gasteiger partial charge >= 0.3 is 5.97 Å². The van der Waals surface area contributed by atoms with E-state index in [2.05, 4.69) is 17.5 Å². The maximum absolute atomic E-state index is 12.5. The van der Waals surface area contributed by atoms with Crippen LogP contribution in [0.2, 0.25) is 0 Å². The summed E-state index contributed by atoms with van der Waals surface area (Å²) in [5.41, 5.74) is 2.16. The third kappa shape index (κ3) is 3.35. The Bertz CT molecular complexity index is 1090. The summed E-state index contributed by atoms with van der Waals surface area (Å²) >= 11 is 0. The number of fused-ring (bicyclic) bond motifs is 5. The van der Waals surface area contributed by atoms with Gasteiger partial charge in [0.05, 0.1) is 23.0 Å². The second-order valence-electron chi connectivity index (χ2n) is 12.3. The third-order valence-electron chi connectivity index (χ3n) is 10.9. The summed E-state index contributed by atoms with van der Waals surface area (Å²) in [6, 6.07) is 9.77. The van der Waals surface area contributed by atoms with Crippen LogP contribution in [0.25, 0.3) is 0 Å². The number of cyclic esters (lactones) is 1. The summed E-state index contributed by atoms with van der Waals surface area (Å²) < 4.78 is 5.24. The number of ether oxygens (including phenoxy) is 1. The molecule has 8 atom stereocenters. The first-order valence-corrected chi connectivity index (χ1v) is 13.6. The molecule has 0 bridgehead atoms. The second kappa shape index (κ2) is 8.40. The molecule has 0 radical (unpaired) electrons. The molecule has 1 heterocycles. The van der Waals surface area contributed by atoms with E-state index in [9.17, 15) is 20.1 Å². The van der Waals surface area contributed by atoms with Crippen molar-refractivity contribution in [3.63, 3.8) is 0 Å². The van der Waals surface area contributed by atoms with Gasteiger partial charge in [0.2, 0.25) is 0 Å². The second-order valence-corrected chi connectivity index (χ2v) is 12.3. The van der Waals surface area contributed by atoms with Gasteiger partial charge in [0.25, 0.3) is 0 Å². The van der Waals surface area contributed by atoms with Gasteiger partial charge in [0.1, 0.15) is 6.61 Å². The van der Waals surface area contributed by atoms with Gasteiger partial charge in [-0.3, -0.25) is 5.43 Å². The predicted octanol–water partition coefficient (Wildman–Crippen LogP) is 3.80. The van der Waals surface area contributed by atoms with E-state index < -0.39 is 22.7 Å². The maximum atomic E-state index is 12.5. The molecule has 4 fully saturated rings. The maximum Gasteiger partial charge on any atom is 0.331 e. The predicted molar refractivity (Wildman–Crippen MR) is 136 cm³/mol. The molecule has 0 spiro atoms. The Morgan fingerprint density at radius 1 is 1.03 bits per heavy atom. The zero-order chi connectivity index (χ0) is 25.2. The number of hydrogen-bond donors (Lipinski definition) is 4. The van der Waals surface area contributed by atoms with Crippen LogP contribution in [0.15, 0.2) is 47.1 Å². The summed E-state index contributed by atoms with van der Waals surface area (Å²) in [5, 5.41) is 39.7. The summed E-state index contributed by atoms with van der Waals surface area (Å²) in [5.74, 6) is -0.0496. The summed E-state index contributed by atoms with van der Waals surface area (Å²) in [6.45, 7) is 2.54. The number of hydrazone groups is 1. The highest BCUT2D eigenvalue weighted by Crippen LogP contribution is 2.70. The number of aliphatic hydroxyl groups excluding tert-OH is 1. The number of hydrogen-bond acceptors (Lipinski definition) is 7. The largest absolute Gasteiger partial charge is 0.458 e. The number of esters is 1. The van der Waals surface area contributed by atoms with Crippen molar-refractivity contribution < 1.29 is 24.9 Å². The molecule has 4 aliphatic carbocycles. The Morgan fingerprint density at radius 2 is 1.81 bits per heavy atom. The minimum absolute atomic E-state index is 0.0265. The molecular weight excluding hydrogens is 456 g/mol. The third-order valence-corrected chi connectivity index (χ3v) is 10.9. The van der Waals surface area contributed by atoms with Gasteiger partial charge in [-0.05, 0) is 86.8 Å². The molecule has 36 heavy (non-hydrogen) atoms. The highest BCUT2D eigenvalue weighted by molar-refractivity contribution is 5.85. The van der Waals surface area contributed by atoms with Gasteiger partial charge in [-0.2, -0.15) is 5.10 Å². The smallest absolute Gasteiger partial charge is 0.331 e. The van der Waals surface area contributed by atoms with Gasteiger partial charge in [0.15, 0.2) is 0 Å². The minimum atomic E-state index is -1.05. The standard InChI is InChI=1S/C29H38N2O5/c1-26-11-8-23-24(29(26,35)14-10-22(26)19-15-25(33)36-17-19)9-13-28(34)16-21(32)7-12-27(23,28)18-30-31-20-5-3-2-4-6-20/h2-6,15,18,21-24,31-32,34-35H,7-14,16-17H2,1H3/b30-18+/t21?,22-,23?,24?,26+,27-,28?,29?/m0/s1. The van der Waals surface area contributed by atoms with Gasteiger partial charge in [0, 0.05) is 29.5 Å². The molecule has 1 aromatic carbocycles. The quantitative estimate of drug-likeness (QED) is 0.288. The van der Waals surface area contributed by atoms with Gasteiger partial charge in [-0.25, -0.2) is 4.79 Å². The van der Waals surface area contributed by atoms with Crippen molar-refractivity contribution in [2.45, 2.75) is 82.0 Å². The first kappa shape index (κ1) is 24.1. The van der Waals surface area contributed by atoms with Crippen molar-refractivity contribution in [3.05, 3.63) is 42.0 Å². The monoisotopic (exact) mass is 494 g/mol. The van der Waals surface area contributed by atoms with E-state index in [0.717, 1.165) is 36.9 Å². The first-order chi connectivity index (χ1) is 17.2. The fourth-order valence-electron chi connectivity index (χ4n) is 9.10. The number of anilines is 1. The molecule has 7 nitrogen and oxygen atoms in total. The Morgan fingerprint density at radius 3 is 2.56 bits per heavy atom. The van der Waals surface area contributed by atoms with Gasteiger partial charge in [-0.15, -0.1) is 0 Å². The highest BCUT2D eigenvalue weighted by Gasteiger charge is 2.71. The minimum Gasteiger partial charge on any atom is -0.458 e. The van der Waals surface area contributed by atoms with Crippen molar-refractivity contribution in [1.29, 1.82) is 0 Å². The van der Waals surface area contributed by atoms with E-state index in [1.54, 1.807) is 6.08 Å². The number of rotatable bonds is 4. The van der Waals surface area contributed by atoms with E-state index in [1.165, 1.54) is 0 Å². The fraction of sp³-hybridized carbons (Fsp3) is 0.655. The highest BCUT2D eigenvalue weighted by atomic mass is 16.5. The molecule has 4 saturated carbocycles. The Kier molecular flexibility index (Phi) is 5.63. The molecule has 0 aromatic heterocycles. The topological polar surface area (TPSA) is 111 Å². The Balaban J connectivity index is 1.35. The van der Waals surface area contributed by atoms with Crippen LogP contribution in [0.1, 0.15) is 64.7 Å². The molecule has 1 aromatic rings. The molecule has 0 amide bonds. The molecule has 194 valence electrons. The van der Waals surface area contributed by atoms with E-state index in [4.69, 9.17) is 4.74 Å². The lowest BCUT2D eigenvalue weighted by Crippen LogP contribution is -2.68. The number of nitrogens with zero attached hydrogens (tertiary/aromatic N) is 1. The van der Waals surface area contributed by atoms with E-state index in [-0.39, 0.29) is 29.1 Å². The number of carbonyl (C=O) groups is 1. The van der Waals surface area contributed by atoms with Crippen molar-refractivity contribution in [3.8, 4) is 0 Å². The van der Waals surface area contributed by atoms with Crippen LogP contribution in [0.3, 0.4) is 0 Å². The zero-order valence-electron chi connectivity index (χ0n) is 21.0. The molecule has 7 heteroatoms. The van der Waals surface area contributed by atoms with Crippen molar-refractivity contribution in [1.82, 2.24) is 0 Å². The molecule has 4 N–H and O–H groups in total. The van der Waals surface area contributed by atoms with E-state index >= 15 is 0 Å². The summed E-state index contributed by atoms with van der Waals surface area (Å²) in [6.07, 6.45) is 9.15. The lowest BCUT2D eigenvalue weighted by atomic mass is 9.41. The van der Waals surface area contributed by atoms with Crippen LogP contribution in [-0.4, -0.2) is 51.4 Å². The van der Waals surface area contributed by atoms with Crippen LogP contribution < -0.4 is 5.43 Å². The SMILES string of the molecule is C[C@]12CCC3C(CCC4(O)CC(O)CC[C@]34/C=N/Nc3ccccc3)C1(O)CC[C@H]2C1=CC(=O)OC1. The first-order valence-electron chi connectivity index (χ1n) is 13.6. The molecular formula is C29H38N2O5. The Labute approximate surface area is 212 Å². The summed E-state index contributed by atoms with van der Waals surface area (Å²) in [7, 11) is 0. The summed E-state index contributed by atoms with van der Waals surface area (Å²) in [4.78, 5) is 11.8. The van der Waals surface area contributed by atoms with Crippen molar-refractivity contribution >= 4 is 17.9 Å². The molecule has 5 unspecified atom stereocenters. The molecule has 5 aliphatic rings. The number of nitrogens with one attached hydrogen (secondary N) is 1. The fourth-order valence-corrected chi connectivity index (χ4v) is 9.10. The number of aliphatic hydroxyl groups is 3. The van der Waals surface area contributed by atoms with Crippen molar-refractivity contribution in [2.24, 2.45) is 33.7 Å². The molecule has 6 rings (SSSR count). The van der Waals surface area contributed by atoms with Crippen molar-refractivity contribution in [2.75, 3.05) is 12.0 Å². The lowest BCUT2D eigenvalue weighted by molar-refractivity contribution is -0.237. The van der Waals surface area contributed by atoms with Gasteiger partial charge < -0.3 is 20.1 Å². The van der Waals surface area contributed by atoms with Crippen LogP contribution in [0.4, 0.5) is 5.69 Å².